The molecule has 0 unspecified atom stereocenters. The smallest absolute Gasteiger partial charge is 0.248 e. The van der Waals surface area contributed by atoms with E-state index in [0.29, 0.717) is 18.7 Å². The van der Waals surface area contributed by atoms with Crippen LogP contribution in [0.3, 0.4) is 0 Å². The molecule has 2 aliphatic rings. The Morgan fingerprint density at radius 2 is 2.07 bits per heavy atom. The van der Waals surface area contributed by atoms with Crippen molar-refractivity contribution in [2.45, 2.75) is 37.8 Å². The van der Waals surface area contributed by atoms with E-state index in [2.05, 4.69) is 5.32 Å². The van der Waals surface area contributed by atoms with Crippen molar-refractivity contribution in [3.63, 3.8) is 0 Å². The molecule has 1 N–H and O–H groups in total. The molecule has 2 fully saturated rings. The van der Waals surface area contributed by atoms with Gasteiger partial charge in [-0.05, 0) is 32.7 Å². The van der Waals surface area contributed by atoms with Crippen molar-refractivity contribution in [2.75, 3.05) is 26.8 Å². The Labute approximate surface area is 91.0 Å². The quantitative estimate of drug-likeness (QED) is 0.719. The van der Waals surface area contributed by atoms with Crippen LogP contribution in [0.25, 0.3) is 0 Å². The maximum Gasteiger partial charge on any atom is 0.248 e. The second-order valence-electron chi connectivity index (χ2n) is 4.43. The molecule has 0 aromatic heterocycles. The van der Waals surface area contributed by atoms with Crippen molar-refractivity contribution < 1.29 is 9.53 Å². The molecule has 0 aromatic rings. The molecule has 1 amide bonds. The number of carbonyl (C=O) groups excluding carboxylic acids is 1. The van der Waals surface area contributed by atoms with E-state index in [4.69, 9.17) is 4.74 Å². The maximum absolute atomic E-state index is 11.6. The van der Waals surface area contributed by atoms with Gasteiger partial charge in [0.15, 0.2) is 0 Å². The van der Waals surface area contributed by atoms with E-state index in [1.54, 1.807) is 0 Å². The summed E-state index contributed by atoms with van der Waals surface area (Å²) < 4.78 is 5.14. The van der Waals surface area contributed by atoms with E-state index in [1.807, 2.05) is 11.9 Å². The summed E-state index contributed by atoms with van der Waals surface area (Å²) in [7, 11) is 2.02. The first kappa shape index (κ1) is 10.9. The lowest BCUT2D eigenvalue weighted by atomic mass is 9.90. The highest BCUT2D eigenvalue weighted by Crippen LogP contribution is 2.23. The third kappa shape index (κ3) is 2.49. The van der Waals surface area contributed by atoms with Gasteiger partial charge in [0.05, 0.1) is 6.61 Å². The highest BCUT2D eigenvalue weighted by atomic mass is 16.5. The van der Waals surface area contributed by atoms with Gasteiger partial charge in [0, 0.05) is 18.6 Å². The normalized spacial score (nSPS) is 33.1. The first-order valence-corrected chi connectivity index (χ1v) is 5.85. The Kier molecular flexibility index (Phi) is 3.59. The predicted octanol–water partition coefficient (Wildman–Crippen LogP) is 0.376. The molecular weight excluding hydrogens is 192 g/mol. The molecule has 1 aliphatic heterocycles. The number of nitrogens with zero attached hydrogens (tertiary/aromatic N) is 1. The maximum atomic E-state index is 11.6. The third-order valence-electron chi connectivity index (χ3n) is 3.57. The zero-order valence-corrected chi connectivity index (χ0v) is 9.37. The molecule has 0 radical (unpaired) electrons. The molecule has 86 valence electrons. The Morgan fingerprint density at radius 1 is 1.33 bits per heavy atom. The Hall–Kier alpha value is -0.610. The highest BCUT2D eigenvalue weighted by molar-refractivity contribution is 5.78. The van der Waals surface area contributed by atoms with Crippen molar-refractivity contribution in [1.29, 1.82) is 0 Å². The van der Waals surface area contributed by atoms with E-state index in [-0.39, 0.29) is 12.5 Å². The minimum Gasteiger partial charge on any atom is -0.370 e. The summed E-state index contributed by atoms with van der Waals surface area (Å²) in [5.41, 5.74) is 0. The topological polar surface area (TPSA) is 41.6 Å². The standard InChI is InChI=1S/C11H20N2O2/c1-12-9-2-4-10(5-3-9)13-6-7-15-8-11(13)14/h9-10,12H,2-8H2,1H3. The molecule has 1 heterocycles. The number of amides is 1. The lowest BCUT2D eigenvalue weighted by Gasteiger charge is -2.38. The molecule has 2 rings (SSSR count). The SMILES string of the molecule is CNC1CCC(N2CCOCC2=O)CC1. The fourth-order valence-electron chi connectivity index (χ4n) is 2.59. The number of hydrogen-bond acceptors (Lipinski definition) is 3. The van der Waals surface area contributed by atoms with E-state index in [1.165, 1.54) is 12.8 Å². The average molecular weight is 212 g/mol. The van der Waals surface area contributed by atoms with Gasteiger partial charge in [-0.15, -0.1) is 0 Å². The lowest BCUT2D eigenvalue weighted by Crippen LogP contribution is -2.50. The molecule has 1 saturated heterocycles. The van der Waals surface area contributed by atoms with Crippen LogP contribution in [0.1, 0.15) is 25.7 Å². The van der Waals surface area contributed by atoms with Gasteiger partial charge in [0.25, 0.3) is 0 Å². The van der Waals surface area contributed by atoms with Crippen molar-refractivity contribution in [1.82, 2.24) is 10.2 Å². The van der Waals surface area contributed by atoms with Crippen LogP contribution in [0.2, 0.25) is 0 Å². The molecule has 15 heavy (non-hydrogen) atoms. The van der Waals surface area contributed by atoms with Gasteiger partial charge in [-0.1, -0.05) is 0 Å². The van der Waals surface area contributed by atoms with E-state index in [9.17, 15) is 4.79 Å². The van der Waals surface area contributed by atoms with Crippen LogP contribution >= 0.6 is 0 Å². The van der Waals surface area contributed by atoms with E-state index < -0.39 is 0 Å². The Balaban J connectivity index is 1.86. The zero-order chi connectivity index (χ0) is 10.7. The van der Waals surface area contributed by atoms with Crippen LogP contribution < -0.4 is 5.32 Å². The van der Waals surface area contributed by atoms with E-state index >= 15 is 0 Å². The molecule has 1 aliphatic carbocycles. The number of carbonyl (C=O) groups is 1. The average Bonchev–Trinajstić information content (AvgIpc) is 2.30. The molecule has 4 heteroatoms. The van der Waals surface area contributed by atoms with Crippen molar-refractivity contribution in [3.05, 3.63) is 0 Å². The number of ether oxygens (including phenoxy) is 1. The van der Waals surface area contributed by atoms with Crippen molar-refractivity contribution in [2.24, 2.45) is 0 Å². The molecule has 0 spiro atoms. The Bertz CT molecular complexity index is 225. The van der Waals surface area contributed by atoms with Gasteiger partial charge < -0.3 is 15.0 Å². The second kappa shape index (κ2) is 4.94. The number of morpholine rings is 1. The van der Waals surface area contributed by atoms with Crippen molar-refractivity contribution in [3.8, 4) is 0 Å². The van der Waals surface area contributed by atoms with Crippen LogP contribution in [0.4, 0.5) is 0 Å². The fraction of sp³-hybridized carbons (Fsp3) is 0.909. The van der Waals surface area contributed by atoms with Gasteiger partial charge in [-0.25, -0.2) is 0 Å². The fourth-order valence-corrected chi connectivity index (χ4v) is 2.59. The van der Waals surface area contributed by atoms with Gasteiger partial charge in [0.2, 0.25) is 5.91 Å². The molecular formula is C11H20N2O2. The number of hydrogen-bond donors (Lipinski definition) is 1. The van der Waals surface area contributed by atoms with Gasteiger partial charge >= 0.3 is 0 Å². The van der Waals surface area contributed by atoms with Crippen LogP contribution in [0, 0.1) is 0 Å². The van der Waals surface area contributed by atoms with Gasteiger partial charge in [-0.2, -0.15) is 0 Å². The zero-order valence-electron chi connectivity index (χ0n) is 9.37. The largest absolute Gasteiger partial charge is 0.370 e. The summed E-state index contributed by atoms with van der Waals surface area (Å²) in [6, 6.07) is 1.11. The van der Waals surface area contributed by atoms with Gasteiger partial charge in [-0.3, -0.25) is 4.79 Å². The Morgan fingerprint density at radius 3 is 2.67 bits per heavy atom. The monoisotopic (exact) mass is 212 g/mol. The summed E-state index contributed by atoms with van der Waals surface area (Å²) in [4.78, 5) is 13.7. The summed E-state index contributed by atoms with van der Waals surface area (Å²) in [5, 5.41) is 3.31. The predicted molar refractivity (Wildman–Crippen MR) is 57.6 cm³/mol. The number of nitrogens with one attached hydrogen (secondary N) is 1. The lowest BCUT2D eigenvalue weighted by molar-refractivity contribution is -0.146. The molecule has 4 nitrogen and oxygen atoms in total. The van der Waals surface area contributed by atoms with E-state index in [0.717, 1.165) is 19.4 Å². The summed E-state index contributed by atoms with van der Waals surface area (Å²) >= 11 is 0. The van der Waals surface area contributed by atoms with Gasteiger partial charge in [0.1, 0.15) is 6.61 Å². The van der Waals surface area contributed by atoms with Crippen LogP contribution in [0.5, 0.6) is 0 Å². The number of rotatable bonds is 2. The second-order valence-corrected chi connectivity index (χ2v) is 4.43. The van der Waals surface area contributed by atoms with Crippen LogP contribution in [0.15, 0.2) is 0 Å². The van der Waals surface area contributed by atoms with Crippen LogP contribution in [-0.2, 0) is 9.53 Å². The molecule has 0 aromatic carbocycles. The third-order valence-corrected chi connectivity index (χ3v) is 3.57. The molecule has 0 atom stereocenters. The summed E-state index contributed by atoms with van der Waals surface area (Å²) in [6.07, 6.45) is 4.64. The first-order valence-electron chi connectivity index (χ1n) is 5.85. The minimum atomic E-state index is 0.175. The highest BCUT2D eigenvalue weighted by Gasteiger charge is 2.29. The first-order chi connectivity index (χ1) is 7.31. The van der Waals surface area contributed by atoms with Crippen LogP contribution in [-0.4, -0.2) is 49.7 Å². The minimum absolute atomic E-state index is 0.175. The summed E-state index contributed by atoms with van der Waals surface area (Å²) in [6.45, 7) is 1.78. The molecule has 0 bridgehead atoms. The van der Waals surface area contributed by atoms with Crippen molar-refractivity contribution >= 4 is 5.91 Å². The summed E-state index contributed by atoms with van der Waals surface area (Å²) in [5.74, 6) is 0.175. The molecule has 1 saturated carbocycles.